The summed E-state index contributed by atoms with van der Waals surface area (Å²) in [7, 11) is 0. The highest BCUT2D eigenvalue weighted by molar-refractivity contribution is 5.83. The van der Waals surface area contributed by atoms with E-state index < -0.39 is 0 Å². The fourth-order valence-electron chi connectivity index (χ4n) is 5.39. The van der Waals surface area contributed by atoms with Gasteiger partial charge in [-0.3, -0.25) is 0 Å². The standard InChI is InChI=1S/C27H32/c1-17(2)25-21-13-9-7-11-19(21)15-23(25)27(5,6)24-16-20-12-8-10-14-22(20)26(24)18(3)4/h7-14,17-18H,15-16H2,1-6H3. The van der Waals surface area contributed by atoms with Gasteiger partial charge >= 0.3 is 0 Å². The van der Waals surface area contributed by atoms with Crippen LogP contribution in [0.1, 0.15) is 63.8 Å². The minimum Gasteiger partial charge on any atom is -0.0619 e. The zero-order valence-electron chi connectivity index (χ0n) is 17.7. The molecule has 0 fully saturated rings. The molecule has 2 aromatic rings. The van der Waals surface area contributed by atoms with E-state index in [0.29, 0.717) is 11.8 Å². The van der Waals surface area contributed by atoms with E-state index in [4.69, 9.17) is 0 Å². The summed E-state index contributed by atoms with van der Waals surface area (Å²) in [6.07, 6.45) is 2.20. The Bertz CT molecular complexity index is 870. The second-order valence-electron chi connectivity index (χ2n) is 9.39. The molecule has 0 unspecified atom stereocenters. The van der Waals surface area contributed by atoms with E-state index in [-0.39, 0.29) is 5.41 Å². The maximum atomic E-state index is 2.47. The van der Waals surface area contributed by atoms with Crippen molar-refractivity contribution < 1.29 is 0 Å². The Morgan fingerprint density at radius 1 is 0.630 bits per heavy atom. The molecule has 0 amide bonds. The number of fused-ring (bicyclic) bond motifs is 2. The zero-order chi connectivity index (χ0) is 19.3. The molecule has 140 valence electrons. The van der Waals surface area contributed by atoms with Crippen LogP contribution in [-0.2, 0) is 12.8 Å². The van der Waals surface area contributed by atoms with E-state index in [1.165, 1.54) is 22.3 Å². The summed E-state index contributed by atoms with van der Waals surface area (Å²) in [5, 5.41) is 0. The van der Waals surface area contributed by atoms with E-state index in [9.17, 15) is 0 Å². The van der Waals surface area contributed by atoms with Crippen molar-refractivity contribution in [3.05, 3.63) is 81.9 Å². The van der Waals surface area contributed by atoms with Crippen molar-refractivity contribution in [2.75, 3.05) is 0 Å². The lowest BCUT2D eigenvalue weighted by atomic mass is 9.71. The molecule has 0 aromatic heterocycles. The fraction of sp³-hybridized carbons (Fsp3) is 0.407. The van der Waals surface area contributed by atoms with E-state index in [0.717, 1.165) is 12.8 Å². The van der Waals surface area contributed by atoms with Crippen molar-refractivity contribution >= 4 is 11.1 Å². The second-order valence-corrected chi connectivity index (χ2v) is 9.39. The molecule has 2 aliphatic carbocycles. The van der Waals surface area contributed by atoms with Gasteiger partial charge in [-0.1, -0.05) is 101 Å². The number of hydrogen-bond donors (Lipinski definition) is 0. The predicted octanol–water partition coefficient (Wildman–Crippen LogP) is 7.34. The molecule has 0 spiro atoms. The van der Waals surface area contributed by atoms with Gasteiger partial charge in [0.05, 0.1) is 0 Å². The lowest BCUT2D eigenvalue weighted by Gasteiger charge is -2.33. The smallest absolute Gasteiger partial charge is 0.00829 e. The van der Waals surface area contributed by atoms with Gasteiger partial charge < -0.3 is 0 Å². The third kappa shape index (κ3) is 2.81. The van der Waals surface area contributed by atoms with E-state index in [1.54, 1.807) is 22.3 Å². The molecular weight excluding hydrogens is 324 g/mol. The molecule has 2 aromatic carbocycles. The molecule has 0 bridgehead atoms. The van der Waals surface area contributed by atoms with Crippen LogP contribution in [0.15, 0.2) is 59.7 Å². The minimum absolute atomic E-state index is 0.0806. The van der Waals surface area contributed by atoms with Gasteiger partial charge in [0.2, 0.25) is 0 Å². The van der Waals surface area contributed by atoms with Crippen LogP contribution in [0.25, 0.3) is 11.1 Å². The zero-order valence-corrected chi connectivity index (χ0v) is 17.7. The Morgan fingerprint density at radius 2 is 1.00 bits per heavy atom. The normalized spacial score (nSPS) is 16.6. The Morgan fingerprint density at radius 3 is 1.37 bits per heavy atom. The molecule has 27 heavy (non-hydrogen) atoms. The first-order chi connectivity index (χ1) is 12.8. The fourth-order valence-corrected chi connectivity index (χ4v) is 5.39. The average Bonchev–Trinajstić information content (AvgIpc) is 3.21. The van der Waals surface area contributed by atoms with Crippen LogP contribution in [0.3, 0.4) is 0 Å². The van der Waals surface area contributed by atoms with Gasteiger partial charge in [0, 0.05) is 5.41 Å². The highest BCUT2D eigenvalue weighted by Crippen LogP contribution is 2.53. The summed E-state index contributed by atoms with van der Waals surface area (Å²) in [6, 6.07) is 18.1. The van der Waals surface area contributed by atoms with Crippen molar-refractivity contribution in [2.45, 2.75) is 54.4 Å². The van der Waals surface area contributed by atoms with Crippen molar-refractivity contribution in [1.82, 2.24) is 0 Å². The molecule has 0 heterocycles. The molecular formula is C27H32. The molecule has 0 aliphatic heterocycles. The Kier molecular flexibility index (Phi) is 4.41. The first-order valence-electron chi connectivity index (χ1n) is 10.5. The van der Waals surface area contributed by atoms with Crippen molar-refractivity contribution in [3.8, 4) is 0 Å². The third-order valence-corrected chi connectivity index (χ3v) is 6.66. The molecule has 0 saturated heterocycles. The molecule has 0 N–H and O–H groups in total. The third-order valence-electron chi connectivity index (χ3n) is 6.66. The predicted molar refractivity (Wildman–Crippen MR) is 118 cm³/mol. The topological polar surface area (TPSA) is 0 Å². The molecule has 4 rings (SSSR count). The van der Waals surface area contributed by atoms with Crippen LogP contribution in [0.2, 0.25) is 0 Å². The lowest BCUT2D eigenvalue weighted by Crippen LogP contribution is -2.21. The van der Waals surface area contributed by atoms with Crippen LogP contribution < -0.4 is 0 Å². The van der Waals surface area contributed by atoms with Crippen LogP contribution in [0, 0.1) is 17.3 Å². The van der Waals surface area contributed by atoms with Crippen molar-refractivity contribution in [2.24, 2.45) is 17.3 Å². The number of hydrogen-bond acceptors (Lipinski definition) is 0. The van der Waals surface area contributed by atoms with E-state index >= 15 is 0 Å². The summed E-state index contributed by atoms with van der Waals surface area (Å²) < 4.78 is 0. The molecule has 0 atom stereocenters. The van der Waals surface area contributed by atoms with Gasteiger partial charge in [0.1, 0.15) is 0 Å². The van der Waals surface area contributed by atoms with Crippen LogP contribution in [0.4, 0.5) is 0 Å². The molecule has 0 radical (unpaired) electrons. The Labute approximate surface area is 165 Å². The molecule has 0 heteroatoms. The summed E-state index contributed by atoms with van der Waals surface area (Å²) in [5.74, 6) is 1.10. The minimum atomic E-state index is 0.0806. The van der Waals surface area contributed by atoms with Gasteiger partial charge in [-0.15, -0.1) is 0 Å². The lowest BCUT2D eigenvalue weighted by molar-refractivity contribution is 0.515. The molecule has 2 aliphatic rings. The van der Waals surface area contributed by atoms with Crippen LogP contribution in [0.5, 0.6) is 0 Å². The van der Waals surface area contributed by atoms with E-state index in [2.05, 4.69) is 90.1 Å². The van der Waals surface area contributed by atoms with Gasteiger partial charge in [0.25, 0.3) is 0 Å². The first-order valence-corrected chi connectivity index (χ1v) is 10.5. The monoisotopic (exact) mass is 356 g/mol. The van der Waals surface area contributed by atoms with Crippen LogP contribution in [-0.4, -0.2) is 0 Å². The summed E-state index contributed by atoms with van der Waals surface area (Å²) in [5.41, 5.74) is 12.5. The second kappa shape index (κ2) is 6.51. The molecule has 0 nitrogen and oxygen atoms in total. The molecule has 0 saturated carbocycles. The maximum Gasteiger partial charge on any atom is 0.00829 e. The van der Waals surface area contributed by atoms with Gasteiger partial charge in [0.15, 0.2) is 0 Å². The highest BCUT2D eigenvalue weighted by atomic mass is 14.4. The number of benzene rings is 2. The summed E-state index contributed by atoms with van der Waals surface area (Å²) in [4.78, 5) is 0. The van der Waals surface area contributed by atoms with E-state index in [1.807, 2.05) is 0 Å². The summed E-state index contributed by atoms with van der Waals surface area (Å²) >= 11 is 0. The van der Waals surface area contributed by atoms with Crippen molar-refractivity contribution in [3.63, 3.8) is 0 Å². The number of rotatable bonds is 4. The SMILES string of the molecule is CC(C)C1=C(C(C)(C)C2=C(C(C)C)c3ccccc3C2)Cc2ccccc21. The number of allylic oxidation sites excluding steroid dienone is 4. The first kappa shape index (κ1) is 18.3. The van der Waals surface area contributed by atoms with Gasteiger partial charge in [-0.25, -0.2) is 0 Å². The average molecular weight is 357 g/mol. The Balaban J connectivity index is 1.89. The largest absolute Gasteiger partial charge is 0.0619 e. The highest BCUT2D eigenvalue weighted by Gasteiger charge is 2.39. The maximum absolute atomic E-state index is 2.47. The van der Waals surface area contributed by atoms with Gasteiger partial charge in [-0.05, 0) is 58.1 Å². The summed E-state index contributed by atoms with van der Waals surface area (Å²) in [6.45, 7) is 14.4. The van der Waals surface area contributed by atoms with Crippen LogP contribution >= 0.6 is 0 Å². The van der Waals surface area contributed by atoms with Crippen molar-refractivity contribution in [1.29, 1.82) is 0 Å². The van der Waals surface area contributed by atoms with Gasteiger partial charge in [-0.2, -0.15) is 0 Å². The quantitative estimate of drug-likeness (QED) is 0.537. The Hall–Kier alpha value is -2.08.